The van der Waals surface area contributed by atoms with Crippen LogP contribution < -0.4 is 9.47 Å². The molecule has 1 N–H and O–H groups in total. The molecule has 0 spiro atoms. The van der Waals surface area contributed by atoms with Crippen LogP contribution >= 0.6 is 0 Å². The van der Waals surface area contributed by atoms with Gasteiger partial charge in [-0.25, -0.2) is 4.99 Å². The molecule has 0 saturated carbocycles. The van der Waals surface area contributed by atoms with Crippen LogP contribution in [0.15, 0.2) is 59.7 Å². The average molecular weight is 419 g/mol. The zero-order valence-corrected chi connectivity index (χ0v) is 17.8. The largest absolute Gasteiger partial charge is 0.497 e. The van der Waals surface area contributed by atoms with E-state index in [0.717, 1.165) is 16.7 Å². The first-order valence-electron chi connectivity index (χ1n) is 10.2. The van der Waals surface area contributed by atoms with E-state index in [1.807, 2.05) is 55.5 Å². The quantitative estimate of drug-likeness (QED) is 0.573. The fourth-order valence-corrected chi connectivity index (χ4v) is 3.92. The first kappa shape index (κ1) is 20.7. The summed E-state index contributed by atoms with van der Waals surface area (Å²) in [5, 5.41) is 7.09. The summed E-state index contributed by atoms with van der Waals surface area (Å²) in [6, 6.07) is 15.6. The summed E-state index contributed by atoms with van der Waals surface area (Å²) >= 11 is 0. The zero-order valence-electron chi connectivity index (χ0n) is 17.8. The number of benzene rings is 2. The van der Waals surface area contributed by atoms with Crippen molar-refractivity contribution in [1.29, 1.82) is 0 Å². The second-order valence-corrected chi connectivity index (χ2v) is 7.31. The molecule has 2 atom stereocenters. The minimum absolute atomic E-state index is 0.299. The van der Waals surface area contributed by atoms with Crippen LogP contribution in [-0.4, -0.2) is 35.6 Å². The number of methoxy groups -OCH3 is 1. The maximum atomic E-state index is 12.9. The summed E-state index contributed by atoms with van der Waals surface area (Å²) in [6.45, 7) is 4.33. The number of aliphatic imine (C=N–C) groups is 1. The first-order valence-corrected chi connectivity index (χ1v) is 10.2. The summed E-state index contributed by atoms with van der Waals surface area (Å²) in [4.78, 5) is 17.5. The van der Waals surface area contributed by atoms with E-state index in [9.17, 15) is 4.79 Å². The molecule has 0 saturated heterocycles. The molecule has 1 aliphatic heterocycles. The van der Waals surface area contributed by atoms with Crippen LogP contribution in [0.2, 0.25) is 0 Å². The highest BCUT2D eigenvalue weighted by molar-refractivity contribution is 6.05. The standard InChI is InChI=1S/C24H25N3O4/c1-4-30-24(28)21-15(2)26-23-19(13-25-27-23)22(21)18-11-10-17(29-3)12-20(18)31-14-16-8-6-5-7-9-16/h5-13,21-22H,4,14H2,1-3H3,(H,25,27). The molecule has 0 aliphatic carbocycles. The fourth-order valence-electron chi connectivity index (χ4n) is 3.92. The van der Waals surface area contributed by atoms with E-state index in [0.29, 0.717) is 36.2 Å². The van der Waals surface area contributed by atoms with Crippen molar-refractivity contribution >= 4 is 17.5 Å². The Morgan fingerprint density at radius 1 is 1.13 bits per heavy atom. The Balaban J connectivity index is 1.78. The van der Waals surface area contributed by atoms with Crippen molar-refractivity contribution in [2.75, 3.05) is 13.7 Å². The van der Waals surface area contributed by atoms with E-state index >= 15 is 0 Å². The highest BCUT2D eigenvalue weighted by Crippen LogP contribution is 2.45. The summed E-state index contributed by atoms with van der Waals surface area (Å²) in [7, 11) is 1.61. The van der Waals surface area contributed by atoms with Gasteiger partial charge in [-0.2, -0.15) is 5.10 Å². The molecule has 7 nitrogen and oxygen atoms in total. The van der Waals surface area contributed by atoms with Crippen molar-refractivity contribution in [3.63, 3.8) is 0 Å². The molecule has 160 valence electrons. The number of ether oxygens (including phenoxy) is 3. The lowest BCUT2D eigenvalue weighted by atomic mass is 9.77. The van der Waals surface area contributed by atoms with Crippen molar-refractivity contribution in [2.45, 2.75) is 26.4 Å². The van der Waals surface area contributed by atoms with Gasteiger partial charge in [-0.1, -0.05) is 36.4 Å². The summed E-state index contributed by atoms with van der Waals surface area (Å²) in [5.41, 5.74) is 3.40. The Morgan fingerprint density at radius 2 is 1.94 bits per heavy atom. The Bertz CT molecular complexity index is 1090. The van der Waals surface area contributed by atoms with E-state index < -0.39 is 5.92 Å². The van der Waals surface area contributed by atoms with Gasteiger partial charge in [0, 0.05) is 28.8 Å². The van der Waals surface area contributed by atoms with Gasteiger partial charge in [0.2, 0.25) is 0 Å². The van der Waals surface area contributed by atoms with Gasteiger partial charge in [0.1, 0.15) is 24.0 Å². The Hall–Kier alpha value is -3.61. The molecule has 3 aromatic rings. The van der Waals surface area contributed by atoms with Gasteiger partial charge in [-0.3, -0.25) is 9.89 Å². The highest BCUT2D eigenvalue weighted by atomic mass is 16.5. The Kier molecular flexibility index (Phi) is 6.02. The number of H-pyrrole nitrogens is 1. The maximum Gasteiger partial charge on any atom is 0.315 e. The number of hydrogen-bond acceptors (Lipinski definition) is 6. The molecule has 0 fully saturated rings. The van der Waals surface area contributed by atoms with Crippen LogP contribution in [0.3, 0.4) is 0 Å². The number of aromatic nitrogens is 2. The minimum Gasteiger partial charge on any atom is -0.497 e. The lowest BCUT2D eigenvalue weighted by Crippen LogP contribution is -2.33. The van der Waals surface area contributed by atoms with Crippen LogP contribution in [0.1, 0.15) is 36.5 Å². The van der Waals surface area contributed by atoms with Gasteiger partial charge < -0.3 is 14.2 Å². The number of carbonyl (C=O) groups is 1. The first-order chi connectivity index (χ1) is 15.1. The Morgan fingerprint density at radius 3 is 2.68 bits per heavy atom. The van der Waals surface area contributed by atoms with Gasteiger partial charge in [-0.15, -0.1) is 0 Å². The van der Waals surface area contributed by atoms with Gasteiger partial charge >= 0.3 is 5.97 Å². The lowest BCUT2D eigenvalue weighted by molar-refractivity contribution is -0.146. The second kappa shape index (κ2) is 9.04. The highest BCUT2D eigenvalue weighted by Gasteiger charge is 2.41. The topological polar surface area (TPSA) is 85.8 Å². The molecule has 2 unspecified atom stereocenters. The van der Waals surface area contributed by atoms with Crippen LogP contribution in [0.5, 0.6) is 11.5 Å². The molecular formula is C24H25N3O4. The monoisotopic (exact) mass is 419 g/mol. The number of nitrogens with one attached hydrogen (secondary N) is 1. The second-order valence-electron chi connectivity index (χ2n) is 7.31. The number of rotatable bonds is 7. The van der Waals surface area contributed by atoms with Crippen molar-refractivity contribution in [3.05, 3.63) is 71.4 Å². The molecular weight excluding hydrogens is 394 g/mol. The van der Waals surface area contributed by atoms with E-state index in [1.54, 1.807) is 20.2 Å². The molecule has 1 aromatic heterocycles. The molecule has 0 bridgehead atoms. The fraction of sp³-hybridized carbons (Fsp3) is 0.292. The zero-order chi connectivity index (χ0) is 21.8. The number of nitrogens with zero attached hydrogens (tertiary/aromatic N) is 2. The van der Waals surface area contributed by atoms with E-state index in [2.05, 4.69) is 15.2 Å². The third-order valence-electron chi connectivity index (χ3n) is 5.39. The lowest BCUT2D eigenvalue weighted by Gasteiger charge is -2.30. The third-order valence-corrected chi connectivity index (χ3v) is 5.39. The van der Waals surface area contributed by atoms with Gasteiger partial charge in [0.05, 0.1) is 19.9 Å². The van der Waals surface area contributed by atoms with Gasteiger partial charge in [-0.05, 0) is 25.5 Å². The summed E-state index contributed by atoms with van der Waals surface area (Å²) in [6.07, 6.45) is 1.72. The predicted molar refractivity (Wildman–Crippen MR) is 117 cm³/mol. The van der Waals surface area contributed by atoms with Crippen LogP contribution in [0.4, 0.5) is 5.82 Å². The van der Waals surface area contributed by atoms with Gasteiger partial charge in [0.25, 0.3) is 0 Å². The smallest absolute Gasteiger partial charge is 0.315 e. The number of hydrogen-bond donors (Lipinski definition) is 1. The average Bonchev–Trinajstić information content (AvgIpc) is 3.25. The summed E-state index contributed by atoms with van der Waals surface area (Å²) < 4.78 is 17.0. The number of esters is 1. The Labute approximate surface area is 181 Å². The minimum atomic E-state index is -0.572. The normalized spacial score (nSPS) is 17.5. The maximum absolute atomic E-state index is 12.9. The summed E-state index contributed by atoms with van der Waals surface area (Å²) in [5.74, 6) is 0.732. The third kappa shape index (κ3) is 4.17. The van der Waals surface area contributed by atoms with Crippen molar-refractivity contribution in [3.8, 4) is 11.5 Å². The molecule has 1 aliphatic rings. The molecule has 31 heavy (non-hydrogen) atoms. The van der Waals surface area contributed by atoms with Crippen molar-refractivity contribution in [2.24, 2.45) is 10.9 Å². The predicted octanol–water partition coefficient (Wildman–Crippen LogP) is 4.41. The molecule has 0 radical (unpaired) electrons. The molecule has 7 heteroatoms. The van der Waals surface area contributed by atoms with Crippen molar-refractivity contribution in [1.82, 2.24) is 10.2 Å². The van der Waals surface area contributed by atoms with E-state index in [1.165, 1.54) is 0 Å². The van der Waals surface area contributed by atoms with Crippen LogP contribution in [0, 0.1) is 5.92 Å². The molecule has 2 heterocycles. The molecule has 0 amide bonds. The molecule has 2 aromatic carbocycles. The van der Waals surface area contributed by atoms with Crippen LogP contribution in [-0.2, 0) is 16.1 Å². The van der Waals surface area contributed by atoms with E-state index in [-0.39, 0.29) is 11.9 Å². The number of fused-ring (bicyclic) bond motifs is 1. The van der Waals surface area contributed by atoms with Crippen LogP contribution in [0.25, 0.3) is 0 Å². The number of carbonyl (C=O) groups excluding carboxylic acids is 1. The van der Waals surface area contributed by atoms with Crippen molar-refractivity contribution < 1.29 is 19.0 Å². The molecule has 4 rings (SSSR count). The number of aromatic amines is 1. The SMILES string of the molecule is CCOC(=O)C1C(C)=Nc2[nH]ncc2C1c1ccc(OC)cc1OCc1ccccc1. The van der Waals surface area contributed by atoms with Gasteiger partial charge in [0.15, 0.2) is 5.82 Å². The van der Waals surface area contributed by atoms with E-state index in [4.69, 9.17) is 14.2 Å².